The summed E-state index contributed by atoms with van der Waals surface area (Å²) in [6.45, 7) is 6.95. The monoisotopic (exact) mass is 169 g/mol. The summed E-state index contributed by atoms with van der Waals surface area (Å²) in [5.41, 5.74) is 6.13. The quantitative estimate of drug-likeness (QED) is 0.676. The molecule has 0 bridgehead atoms. The van der Waals surface area contributed by atoms with E-state index in [4.69, 9.17) is 5.73 Å². The van der Waals surface area contributed by atoms with Crippen LogP contribution >= 0.6 is 0 Å². The Morgan fingerprint density at radius 1 is 1.25 bits per heavy atom. The molecule has 0 amide bonds. The summed E-state index contributed by atoms with van der Waals surface area (Å²) in [7, 11) is 0. The Morgan fingerprint density at radius 3 is 2.17 bits per heavy atom. The minimum Gasteiger partial charge on any atom is -0.327 e. The van der Waals surface area contributed by atoms with E-state index in [2.05, 4.69) is 20.8 Å². The first-order valence-corrected chi connectivity index (χ1v) is 5.42. The maximum absolute atomic E-state index is 6.13. The molecule has 0 heterocycles. The van der Waals surface area contributed by atoms with E-state index in [1.807, 2.05) is 0 Å². The molecule has 0 aliphatic heterocycles. The number of nitrogens with two attached hydrogens (primary N) is 1. The molecule has 3 unspecified atom stereocenters. The van der Waals surface area contributed by atoms with Crippen molar-refractivity contribution in [2.75, 3.05) is 0 Å². The highest BCUT2D eigenvalue weighted by atomic mass is 14.7. The molecule has 1 aliphatic rings. The Hall–Kier alpha value is -0.0400. The molecule has 1 saturated carbocycles. The van der Waals surface area contributed by atoms with Gasteiger partial charge >= 0.3 is 0 Å². The maximum atomic E-state index is 6.13. The van der Waals surface area contributed by atoms with Gasteiger partial charge in [-0.1, -0.05) is 40.0 Å². The molecule has 1 aliphatic carbocycles. The molecule has 0 aromatic carbocycles. The van der Waals surface area contributed by atoms with Gasteiger partial charge in [-0.15, -0.1) is 0 Å². The molecule has 1 rings (SSSR count). The molecule has 2 N–H and O–H groups in total. The van der Waals surface area contributed by atoms with Crippen molar-refractivity contribution in [2.24, 2.45) is 23.5 Å². The van der Waals surface area contributed by atoms with E-state index >= 15 is 0 Å². The Kier molecular flexibility index (Phi) is 3.57. The summed E-state index contributed by atoms with van der Waals surface area (Å²) >= 11 is 0. The van der Waals surface area contributed by atoms with Crippen LogP contribution in [0, 0.1) is 17.8 Å². The van der Waals surface area contributed by atoms with Crippen LogP contribution in [-0.2, 0) is 0 Å². The molecular weight excluding hydrogens is 146 g/mol. The number of hydrogen-bond acceptors (Lipinski definition) is 1. The maximum Gasteiger partial charge on any atom is 0.00696 e. The molecule has 1 heteroatoms. The van der Waals surface area contributed by atoms with E-state index in [1.54, 1.807) is 0 Å². The van der Waals surface area contributed by atoms with Crippen LogP contribution in [0.15, 0.2) is 0 Å². The van der Waals surface area contributed by atoms with Gasteiger partial charge in [-0.2, -0.15) is 0 Å². The van der Waals surface area contributed by atoms with Gasteiger partial charge in [0.25, 0.3) is 0 Å². The molecule has 0 spiro atoms. The van der Waals surface area contributed by atoms with Crippen LogP contribution in [0.1, 0.15) is 46.5 Å². The van der Waals surface area contributed by atoms with Crippen LogP contribution in [0.2, 0.25) is 0 Å². The van der Waals surface area contributed by atoms with Crippen LogP contribution in [-0.4, -0.2) is 6.04 Å². The first kappa shape index (κ1) is 10.0. The van der Waals surface area contributed by atoms with Gasteiger partial charge in [0.1, 0.15) is 0 Å². The zero-order valence-electron chi connectivity index (χ0n) is 8.72. The Labute approximate surface area is 76.7 Å². The van der Waals surface area contributed by atoms with Crippen LogP contribution in [0.4, 0.5) is 0 Å². The van der Waals surface area contributed by atoms with Gasteiger partial charge in [0, 0.05) is 6.04 Å². The molecule has 0 aromatic heterocycles. The van der Waals surface area contributed by atoms with E-state index in [0.29, 0.717) is 6.04 Å². The second kappa shape index (κ2) is 4.27. The molecule has 0 saturated heterocycles. The van der Waals surface area contributed by atoms with Crippen LogP contribution in [0.5, 0.6) is 0 Å². The lowest BCUT2D eigenvalue weighted by Crippen LogP contribution is -2.40. The second-order valence-corrected chi connectivity index (χ2v) is 4.53. The lowest BCUT2D eigenvalue weighted by Gasteiger charge is -2.38. The minimum absolute atomic E-state index is 0.440. The predicted molar refractivity (Wildman–Crippen MR) is 53.9 cm³/mol. The third-order valence-corrected chi connectivity index (χ3v) is 3.60. The normalized spacial score (nSPS) is 39.5. The summed E-state index contributed by atoms with van der Waals surface area (Å²) < 4.78 is 0. The molecule has 0 aromatic rings. The van der Waals surface area contributed by atoms with Crippen LogP contribution < -0.4 is 5.73 Å². The summed E-state index contributed by atoms with van der Waals surface area (Å²) in [4.78, 5) is 0. The van der Waals surface area contributed by atoms with Crippen LogP contribution in [0.3, 0.4) is 0 Å². The average Bonchev–Trinajstić information content (AvgIpc) is 2.03. The van der Waals surface area contributed by atoms with E-state index in [0.717, 1.165) is 24.2 Å². The smallest absolute Gasteiger partial charge is 0.00696 e. The summed E-state index contributed by atoms with van der Waals surface area (Å²) in [6, 6.07) is 0.440. The Bertz CT molecular complexity index is 117. The van der Waals surface area contributed by atoms with Crippen molar-refractivity contribution < 1.29 is 0 Å². The largest absolute Gasteiger partial charge is 0.327 e. The van der Waals surface area contributed by atoms with E-state index < -0.39 is 0 Å². The first-order valence-electron chi connectivity index (χ1n) is 5.42. The highest BCUT2D eigenvalue weighted by Crippen LogP contribution is 2.36. The van der Waals surface area contributed by atoms with Crippen molar-refractivity contribution in [1.29, 1.82) is 0 Å². The number of rotatable bonds is 2. The summed E-state index contributed by atoms with van der Waals surface area (Å²) in [5, 5.41) is 0. The molecule has 12 heavy (non-hydrogen) atoms. The first-order chi connectivity index (χ1) is 5.66. The molecule has 1 fully saturated rings. The van der Waals surface area contributed by atoms with Crippen molar-refractivity contribution in [3.05, 3.63) is 0 Å². The molecule has 3 atom stereocenters. The highest BCUT2D eigenvalue weighted by Gasteiger charge is 2.31. The lowest BCUT2D eigenvalue weighted by atomic mass is 9.70. The van der Waals surface area contributed by atoms with Gasteiger partial charge in [-0.25, -0.2) is 0 Å². The van der Waals surface area contributed by atoms with Gasteiger partial charge in [-0.3, -0.25) is 0 Å². The van der Waals surface area contributed by atoms with Crippen molar-refractivity contribution >= 4 is 0 Å². The van der Waals surface area contributed by atoms with E-state index in [9.17, 15) is 0 Å². The lowest BCUT2D eigenvalue weighted by molar-refractivity contribution is 0.146. The van der Waals surface area contributed by atoms with Crippen LogP contribution in [0.25, 0.3) is 0 Å². The fraction of sp³-hybridized carbons (Fsp3) is 1.00. The highest BCUT2D eigenvalue weighted by molar-refractivity contribution is 4.84. The molecule has 0 radical (unpaired) electrons. The summed E-state index contributed by atoms with van der Waals surface area (Å²) in [5.74, 6) is 2.48. The van der Waals surface area contributed by atoms with Crippen molar-refractivity contribution in [2.45, 2.75) is 52.5 Å². The Balaban J connectivity index is 2.56. The van der Waals surface area contributed by atoms with Gasteiger partial charge in [0.2, 0.25) is 0 Å². The van der Waals surface area contributed by atoms with Gasteiger partial charge < -0.3 is 5.73 Å². The SMILES string of the molecule is CCC(N)C1C(C)CCCC1C. The molecule has 72 valence electrons. The molecule has 1 nitrogen and oxygen atoms in total. The fourth-order valence-corrected chi connectivity index (χ4v) is 2.82. The predicted octanol–water partition coefficient (Wildman–Crippen LogP) is 2.80. The fourth-order valence-electron chi connectivity index (χ4n) is 2.82. The van der Waals surface area contributed by atoms with Crippen molar-refractivity contribution in [3.8, 4) is 0 Å². The standard InChI is InChI=1S/C11H23N/c1-4-10(12)11-8(2)6-5-7-9(11)3/h8-11H,4-7,12H2,1-3H3. The molecular formula is C11H23N. The van der Waals surface area contributed by atoms with Gasteiger partial charge in [0.05, 0.1) is 0 Å². The third kappa shape index (κ3) is 2.01. The minimum atomic E-state index is 0.440. The Morgan fingerprint density at radius 2 is 1.75 bits per heavy atom. The third-order valence-electron chi connectivity index (χ3n) is 3.60. The van der Waals surface area contributed by atoms with Gasteiger partial charge in [0.15, 0.2) is 0 Å². The van der Waals surface area contributed by atoms with E-state index in [-0.39, 0.29) is 0 Å². The van der Waals surface area contributed by atoms with Gasteiger partial charge in [-0.05, 0) is 24.2 Å². The topological polar surface area (TPSA) is 26.0 Å². The zero-order valence-corrected chi connectivity index (χ0v) is 8.72. The van der Waals surface area contributed by atoms with E-state index in [1.165, 1.54) is 19.3 Å². The average molecular weight is 169 g/mol. The summed E-state index contributed by atoms with van der Waals surface area (Å²) in [6.07, 6.45) is 5.33. The van der Waals surface area contributed by atoms with Crippen molar-refractivity contribution in [3.63, 3.8) is 0 Å². The van der Waals surface area contributed by atoms with Crippen molar-refractivity contribution in [1.82, 2.24) is 0 Å². The second-order valence-electron chi connectivity index (χ2n) is 4.53. The zero-order chi connectivity index (χ0) is 9.14. The number of hydrogen-bond donors (Lipinski definition) is 1.